The van der Waals surface area contributed by atoms with Gasteiger partial charge in [0.1, 0.15) is 5.75 Å². The van der Waals surface area contributed by atoms with E-state index in [-0.39, 0.29) is 11.3 Å². The Labute approximate surface area is 108 Å². The maximum Gasteiger partial charge on any atom is 0.167 e. The SMILES string of the molecule is N#Cc1ccc(Oc2ccc(N)c(Cl)c2)c(F)c1. The quantitative estimate of drug-likeness (QED) is 0.839. The zero-order chi connectivity index (χ0) is 13.1. The van der Waals surface area contributed by atoms with E-state index in [9.17, 15) is 4.39 Å². The molecule has 2 N–H and O–H groups in total. The normalized spacial score (nSPS) is 9.83. The Balaban J connectivity index is 2.29. The molecule has 5 heteroatoms. The van der Waals surface area contributed by atoms with Crippen molar-refractivity contribution in [3.63, 3.8) is 0 Å². The van der Waals surface area contributed by atoms with E-state index in [1.165, 1.54) is 18.2 Å². The summed E-state index contributed by atoms with van der Waals surface area (Å²) < 4.78 is 18.9. The minimum Gasteiger partial charge on any atom is -0.454 e. The van der Waals surface area contributed by atoms with Gasteiger partial charge in [-0.25, -0.2) is 4.39 Å². The number of rotatable bonds is 2. The van der Waals surface area contributed by atoms with Crippen LogP contribution in [0.2, 0.25) is 5.02 Å². The van der Waals surface area contributed by atoms with Crippen molar-refractivity contribution < 1.29 is 9.13 Å². The van der Waals surface area contributed by atoms with E-state index in [1.807, 2.05) is 6.07 Å². The van der Waals surface area contributed by atoms with Crippen LogP contribution in [0.15, 0.2) is 36.4 Å². The molecule has 0 aromatic heterocycles. The van der Waals surface area contributed by atoms with Gasteiger partial charge in [0.2, 0.25) is 0 Å². The third kappa shape index (κ3) is 2.53. The Morgan fingerprint density at radius 2 is 2.00 bits per heavy atom. The number of hydrogen-bond acceptors (Lipinski definition) is 3. The molecule has 0 fully saturated rings. The summed E-state index contributed by atoms with van der Waals surface area (Å²) in [6, 6.07) is 10.4. The van der Waals surface area contributed by atoms with E-state index < -0.39 is 5.82 Å². The van der Waals surface area contributed by atoms with Gasteiger partial charge in [-0.1, -0.05) is 11.6 Å². The fourth-order valence-electron chi connectivity index (χ4n) is 1.35. The highest BCUT2D eigenvalue weighted by Crippen LogP contribution is 2.29. The van der Waals surface area contributed by atoms with Crippen molar-refractivity contribution in [2.24, 2.45) is 0 Å². The van der Waals surface area contributed by atoms with Crippen molar-refractivity contribution in [1.29, 1.82) is 5.26 Å². The van der Waals surface area contributed by atoms with Crippen molar-refractivity contribution in [2.75, 3.05) is 5.73 Å². The van der Waals surface area contributed by atoms with E-state index in [2.05, 4.69) is 0 Å². The highest BCUT2D eigenvalue weighted by Gasteiger charge is 2.07. The van der Waals surface area contributed by atoms with Crippen LogP contribution in [0.25, 0.3) is 0 Å². The summed E-state index contributed by atoms with van der Waals surface area (Å²) in [6.45, 7) is 0. The van der Waals surface area contributed by atoms with Gasteiger partial charge in [0, 0.05) is 6.07 Å². The van der Waals surface area contributed by atoms with Crippen molar-refractivity contribution in [3.05, 3.63) is 52.8 Å². The summed E-state index contributed by atoms with van der Waals surface area (Å²) in [7, 11) is 0. The lowest BCUT2D eigenvalue weighted by atomic mass is 10.2. The molecule has 0 heterocycles. The number of hydrogen-bond donors (Lipinski definition) is 1. The van der Waals surface area contributed by atoms with Crippen molar-refractivity contribution in [1.82, 2.24) is 0 Å². The van der Waals surface area contributed by atoms with Crippen LogP contribution >= 0.6 is 11.6 Å². The van der Waals surface area contributed by atoms with Crippen LogP contribution in [0.3, 0.4) is 0 Å². The Hall–Kier alpha value is -2.25. The first-order valence-corrected chi connectivity index (χ1v) is 5.40. The lowest BCUT2D eigenvalue weighted by molar-refractivity contribution is 0.442. The molecule has 0 radical (unpaired) electrons. The van der Waals surface area contributed by atoms with Crippen molar-refractivity contribution in [3.8, 4) is 17.6 Å². The summed E-state index contributed by atoms with van der Waals surface area (Å²) in [5, 5.41) is 8.96. The first-order valence-electron chi connectivity index (χ1n) is 5.02. The predicted molar refractivity (Wildman–Crippen MR) is 67.1 cm³/mol. The molecule has 0 bridgehead atoms. The molecular formula is C13H8ClFN2O. The first-order chi connectivity index (χ1) is 8.60. The van der Waals surface area contributed by atoms with E-state index in [1.54, 1.807) is 12.1 Å². The van der Waals surface area contributed by atoms with Crippen LogP contribution in [0.5, 0.6) is 11.5 Å². The lowest BCUT2D eigenvalue weighted by Crippen LogP contribution is -1.91. The molecule has 0 saturated carbocycles. The molecule has 18 heavy (non-hydrogen) atoms. The Bertz CT molecular complexity index is 637. The molecule has 0 amide bonds. The lowest BCUT2D eigenvalue weighted by Gasteiger charge is -2.08. The van der Waals surface area contributed by atoms with Gasteiger partial charge < -0.3 is 10.5 Å². The molecule has 0 spiro atoms. The molecule has 2 aromatic carbocycles. The average Bonchev–Trinajstić information content (AvgIpc) is 2.36. The van der Waals surface area contributed by atoms with Gasteiger partial charge in [-0.3, -0.25) is 0 Å². The molecule has 0 unspecified atom stereocenters. The summed E-state index contributed by atoms with van der Waals surface area (Å²) in [6.07, 6.45) is 0. The number of benzene rings is 2. The minimum absolute atomic E-state index is 0.0230. The molecule has 0 aliphatic carbocycles. The molecular weight excluding hydrogens is 255 g/mol. The summed E-state index contributed by atoms with van der Waals surface area (Å²) in [5.74, 6) is -0.213. The zero-order valence-electron chi connectivity index (χ0n) is 9.15. The maximum absolute atomic E-state index is 13.6. The van der Waals surface area contributed by atoms with Crippen LogP contribution in [0.4, 0.5) is 10.1 Å². The standard InChI is InChI=1S/C13H8ClFN2O/c14-10-6-9(2-3-12(10)17)18-13-4-1-8(7-16)5-11(13)15/h1-6H,17H2. The van der Waals surface area contributed by atoms with Gasteiger partial charge in [0.05, 0.1) is 22.3 Å². The second-order valence-electron chi connectivity index (χ2n) is 3.54. The molecule has 3 nitrogen and oxygen atoms in total. The van der Waals surface area contributed by atoms with Crippen molar-refractivity contribution >= 4 is 17.3 Å². The topological polar surface area (TPSA) is 59.0 Å². The van der Waals surface area contributed by atoms with E-state index >= 15 is 0 Å². The summed E-state index contributed by atoms with van der Waals surface area (Å²) in [4.78, 5) is 0. The number of halogens is 2. The zero-order valence-corrected chi connectivity index (χ0v) is 9.91. The fraction of sp³-hybridized carbons (Fsp3) is 0. The first kappa shape index (κ1) is 12.2. The Morgan fingerprint density at radius 1 is 1.22 bits per heavy atom. The van der Waals surface area contributed by atoms with Gasteiger partial charge in [0.15, 0.2) is 11.6 Å². The minimum atomic E-state index is -0.609. The summed E-state index contributed by atoms with van der Waals surface area (Å²) in [5.41, 5.74) is 6.20. The van der Waals surface area contributed by atoms with Crippen LogP contribution < -0.4 is 10.5 Å². The number of nitrogens with zero attached hydrogens (tertiary/aromatic N) is 1. The van der Waals surface area contributed by atoms with Crippen LogP contribution in [0, 0.1) is 17.1 Å². The van der Waals surface area contributed by atoms with Crippen LogP contribution in [0.1, 0.15) is 5.56 Å². The summed E-state index contributed by atoms with van der Waals surface area (Å²) >= 11 is 5.83. The highest BCUT2D eigenvalue weighted by molar-refractivity contribution is 6.33. The van der Waals surface area contributed by atoms with Crippen molar-refractivity contribution in [2.45, 2.75) is 0 Å². The van der Waals surface area contributed by atoms with E-state index in [0.717, 1.165) is 6.07 Å². The Morgan fingerprint density at radius 3 is 2.61 bits per heavy atom. The molecule has 0 aliphatic heterocycles. The smallest absolute Gasteiger partial charge is 0.167 e. The number of nitrogens with two attached hydrogens (primary N) is 1. The molecule has 2 aromatic rings. The number of ether oxygens (including phenoxy) is 1. The fourth-order valence-corrected chi connectivity index (χ4v) is 1.52. The van der Waals surface area contributed by atoms with Crippen LogP contribution in [-0.2, 0) is 0 Å². The van der Waals surface area contributed by atoms with Gasteiger partial charge >= 0.3 is 0 Å². The third-order valence-corrected chi connectivity index (χ3v) is 2.59. The second kappa shape index (κ2) is 4.94. The molecule has 2 rings (SSSR count). The second-order valence-corrected chi connectivity index (χ2v) is 3.95. The predicted octanol–water partition coefficient (Wildman–Crippen LogP) is 3.73. The largest absolute Gasteiger partial charge is 0.454 e. The Kier molecular flexibility index (Phi) is 3.35. The highest BCUT2D eigenvalue weighted by atomic mass is 35.5. The van der Waals surface area contributed by atoms with Gasteiger partial charge in [-0.05, 0) is 30.3 Å². The molecule has 0 saturated heterocycles. The number of nitriles is 1. The average molecular weight is 263 g/mol. The third-order valence-electron chi connectivity index (χ3n) is 2.26. The van der Waals surface area contributed by atoms with Gasteiger partial charge in [-0.2, -0.15) is 5.26 Å². The van der Waals surface area contributed by atoms with Gasteiger partial charge in [0.25, 0.3) is 0 Å². The molecule has 90 valence electrons. The monoisotopic (exact) mass is 262 g/mol. The number of anilines is 1. The molecule has 0 atom stereocenters. The maximum atomic E-state index is 13.6. The van der Waals surface area contributed by atoms with E-state index in [0.29, 0.717) is 16.5 Å². The van der Waals surface area contributed by atoms with Crippen LogP contribution in [-0.4, -0.2) is 0 Å². The van der Waals surface area contributed by atoms with Gasteiger partial charge in [-0.15, -0.1) is 0 Å². The number of nitrogen functional groups attached to an aromatic ring is 1. The molecule has 0 aliphatic rings. The van der Waals surface area contributed by atoms with E-state index in [4.69, 9.17) is 27.3 Å².